The van der Waals surface area contributed by atoms with Crippen molar-refractivity contribution >= 4 is 11.9 Å². The summed E-state index contributed by atoms with van der Waals surface area (Å²) in [6.45, 7) is 1.50. The molecule has 1 N–H and O–H groups in total. The van der Waals surface area contributed by atoms with E-state index in [0.29, 0.717) is 0 Å². The summed E-state index contributed by atoms with van der Waals surface area (Å²) in [5, 5.41) is 10.2. The van der Waals surface area contributed by atoms with Gasteiger partial charge in [-0.2, -0.15) is 0 Å². The normalized spacial score (nSPS) is 28.4. The third-order valence-corrected chi connectivity index (χ3v) is 6.68. The SMILES string of the molecule is O=C(O)[C@H]1C2c3ccccc3C(c3ccccc32)[C@@H]1C(=O)N1CCCCC1. The minimum atomic E-state index is -0.857. The van der Waals surface area contributed by atoms with Gasteiger partial charge in [0.1, 0.15) is 0 Å². The summed E-state index contributed by atoms with van der Waals surface area (Å²) in [6.07, 6.45) is 3.17. The van der Waals surface area contributed by atoms with Crippen LogP contribution in [0.25, 0.3) is 0 Å². The maximum Gasteiger partial charge on any atom is 0.308 e. The Morgan fingerprint density at radius 3 is 1.63 bits per heavy atom. The molecule has 0 aromatic heterocycles. The van der Waals surface area contributed by atoms with Crippen LogP contribution in [0.2, 0.25) is 0 Å². The maximum atomic E-state index is 13.5. The molecule has 1 aliphatic heterocycles. The number of rotatable bonds is 2. The largest absolute Gasteiger partial charge is 0.481 e. The lowest BCUT2D eigenvalue weighted by atomic mass is 9.54. The molecule has 1 heterocycles. The number of fused-ring (bicyclic) bond motifs is 1. The van der Waals surface area contributed by atoms with Gasteiger partial charge in [0.15, 0.2) is 0 Å². The van der Waals surface area contributed by atoms with E-state index in [1.54, 1.807) is 0 Å². The van der Waals surface area contributed by atoms with Crippen molar-refractivity contribution in [3.63, 3.8) is 0 Å². The number of hydrogen-bond acceptors (Lipinski definition) is 2. The van der Waals surface area contributed by atoms with Crippen LogP contribution in [0.15, 0.2) is 48.5 Å². The molecule has 2 atom stereocenters. The van der Waals surface area contributed by atoms with Crippen LogP contribution in [0, 0.1) is 11.8 Å². The molecular formula is C23H23NO3. The Kier molecular flexibility index (Phi) is 3.81. The number of amides is 1. The van der Waals surface area contributed by atoms with Gasteiger partial charge in [0.25, 0.3) is 0 Å². The summed E-state index contributed by atoms with van der Waals surface area (Å²) in [5.74, 6) is -2.47. The number of benzene rings is 2. The van der Waals surface area contributed by atoms with E-state index in [4.69, 9.17) is 0 Å². The first kappa shape index (κ1) is 16.5. The molecule has 4 heteroatoms. The van der Waals surface area contributed by atoms with Crippen LogP contribution >= 0.6 is 0 Å². The highest BCUT2D eigenvalue weighted by atomic mass is 16.4. The Hall–Kier alpha value is -2.62. The van der Waals surface area contributed by atoms with Crippen LogP contribution in [0.5, 0.6) is 0 Å². The number of hydrogen-bond donors (Lipinski definition) is 1. The summed E-state index contributed by atoms with van der Waals surface area (Å²) in [6, 6.07) is 16.2. The van der Waals surface area contributed by atoms with E-state index in [1.807, 2.05) is 41.3 Å². The van der Waals surface area contributed by atoms with E-state index in [2.05, 4.69) is 12.1 Å². The second-order valence-corrected chi connectivity index (χ2v) is 7.99. The van der Waals surface area contributed by atoms with Crippen molar-refractivity contribution < 1.29 is 14.7 Å². The summed E-state index contributed by atoms with van der Waals surface area (Å²) >= 11 is 0. The lowest BCUT2D eigenvalue weighted by Gasteiger charge is -2.49. The van der Waals surface area contributed by atoms with Crippen molar-refractivity contribution in [1.29, 1.82) is 0 Å². The van der Waals surface area contributed by atoms with Crippen LogP contribution in [-0.2, 0) is 9.59 Å². The molecule has 1 fully saturated rings. The molecule has 138 valence electrons. The predicted octanol–water partition coefficient (Wildman–Crippen LogP) is 3.61. The zero-order valence-electron chi connectivity index (χ0n) is 15.2. The summed E-state index contributed by atoms with van der Waals surface area (Å²) in [5.41, 5.74) is 4.43. The molecule has 1 amide bonds. The molecule has 0 unspecified atom stereocenters. The van der Waals surface area contributed by atoms with Gasteiger partial charge in [0.2, 0.25) is 5.91 Å². The van der Waals surface area contributed by atoms with E-state index >= 15 is 0 Å². The highest BCUT2D eigenvalue weighted by molar-refractivity contribution is 5.90. The summed E-state index contributed by atoms with van der Waals surface area (Å²) in [4.78, 5) is 27.8. The van der Waals surface area contributed by atoms with Gasteiger partial charge in [-0.15, -0.1) is 0 Å². The molecule has 1 saturated heterocycles. The maximum absolute atomic E-state index is 13.5. The van der Waals surface area contributed by atoms with Crippen LogP contribution in [-0.4, -0.2) is 35.0 Å². The fourth-order valence-corrected chi connectivity index (χ4v) is 5.60. The minimum absolute atomic E-state index is 0.0288. The quantitative estimate of drug-likeness (QED) is 0.889. The van der Waals surface area contributed by atoms with Crippen LogP contribution < -0.4 is 0 Å². The molecule has 4 nitrogen and oxygen atoms in total. The lowest BCUT2D eigenvalue weighted by Crippen LogP contribution is -2.52. The molecule has 6 rings (SSSR count). The first-order valence-electron chi connectivity index (χ1n) is 9.87. The molecule has 0 spiro atoms. The first-order chi connectivity index (χ1) is 13.2. The summed E-state index contributed by atoms with van der Waals surface area (Å²) in [7, 11) is 0. The van der Waals surface area contributed by atoms with Crippen molar-refractivity contribution in [1.82, 2.24) is 4.90 Å². The van der Waals surface area contributed by atoms with Gasteiger partial charge < -0.3 is 10.0 Å². The van der Waals surface area contributed by atoms with Crippen LogP contribution in [0.1, 0.15) is 53.4 Å². The van der Waals surface area contributed by atoms with Crippen molar-refractivity contribution in [3.05, 3.63) is 70.8 Å². The zero-order valence-corrected chi connectivity index (χ0v) is 15.2. The molecule has 2 aromatic carbocycles. The number of likely N-dealkylation sites (tertiary alicyclic amines) is 1. The van der Waals surface area contributed by atoms with E-state index < -0.39 is 17.8 Å². The Bertz CT molecular complexity index is 868. The Labute approximate surface area is 158 Å². The Morgan fingerprint density at radius 2 is 1.19 bits per heavy atom. The van der Waals surface area contributed by atoms with Gasteiger partial charge in [-0.1, -0.05) is 48.5 Å². The number of carboxylic acids is 1. The molecule has 4 aliphatic rings. The molecule has 2 aromatic rings. The van der Waals surface area contributed by atoms with E-state index in [9.17, 15) is 14.7 Å². The van der Waals surface area contributed by atoms with Gasteiger partial charge in [-0.3, -0.25) is 9.59 Å². The van der Waals surface area contributed by atoms with Gasteiger partial charge in [-0.05, 0) is 41.5 Å². The molecular weight excluding hydrogens is 338 g/mol. The van der Waals surface area contributed by atoms with Gasteiger partial charge in [0, 0.05) is 24.9 Å². The second kappa shape index (κ2) is 6.22. The smallest absolute Gasteiger partial charge is 0.308 e. The average Bonchev–Trinajstić information content (AvgIpc) is 2.73. The number of carboxylic acid groups (broad SMARTS) is 1. The number of carbonyl (C=O) groups excluding carboxylic acids is 1. The van der Waals surface area contributed by atoms with E-state index in [1.165, 1.54) is 0 Å². The molecule has 0 saturated carbocycles. The summed E-state index contributed by atoms with van der Waals surface area (Å²) < 4.78 is 0. The number of piperidine rings is 1. The number of nitrogens with zero attached hydrogens (tertiary/aromatic N) is 1. The van der Waals surface area contributed by atoms with Crippen molar-refractivity contribution in [2.75, 3.05) is 13.1 Å². The third-order valence-electron chi connectivity index (χ3n) is 6.68. The van der Waals surface area contributed by atoms with E-state index in [0.717, 1.165) is 54.6 Å². The van der Waals surface area contributed by atoms with Crippen molar-refractivity contribution in [2.24, 2.45) is 11.8 Å². The third kappa shape index (κ3) is 2.35. The van der Waals surface area contributed by atoms with E-state index in [-0.39, 0.29) is 17.7 Å². The number of aliphatic carboxylic acids is 1. The second-order valence-electron chi connectivity index (χ2n) is 7.99. The zero-order chi connectivity index (χ0) is 18.5. The van der Waals surface area contributed by atoms with Crippen molar-refractivity contribution in [3.8, 4) is 0 Å². The lowest BCUT2D eigenvalue weighted by molar-refractivity contribution is -0.153. The Morgan fingerprint density at radius 1 is 0.741 bits per heavy atom. The fourth-order valence-electron chi connectivity index (χ4n) is 5.60. The van der Waals surface area contributed by atoms with Crippen LogP contribution in [0.4, 0.5) is 0 Å². The van der Waals surface area contributed by atoms with Crippen molar-refractivity contribution in [2.45, 2.75) is 31.1 Å². The standard InChI is InChI=1S/C23H23NO3/c25-22(24-12-6-1-7-13-24)20-18-14-8-2-4-10-16(14)19(21(20)23(26)27)17-11-5-3-9-15(17)18/h2-5,8-11,18-21H,1,6-7,12-13H2,(H,26,27)/t18?,19?,20-,21-/m0/s1. The highest BCUT2D eigenvalue weighted by Crippen LogP contribution is 2.58. The highest BCUT2D eigenvalue weighted by Gasteiger charge is 2.56. The number of carbonyl (C=O) groups is 2. The topological polar surface area (TPSA) is 57.6 Å². The molecule has 2 bridgehead atoms. The molecule has 0 radical (unpaired) electrons. The molecule has 27 heavy (non-hydrogen) atoms. The van der Waals surface area contributed by atoms with Gasteiger partial charge >= 0.3 is 5.97 Å². The first-order valence-corrected chi connectivity index (χ1v) is 9.87. The average molecular weight is 361 g/mol. The van der Waals surface area contributed by atoms with Gasteiger partial charge in [0.05, 0.1) is 11.8 Å². The predicted molar refractivity (Wildman–Crippen MR) is 102 cm³/mol. The minimum Gasteiger partial charge on any atom is -0.481 e. The van der Waals surface area contributed by atoms with Crippen LogP contribution in [0.3, 0.4) is 0 Å². The Balaban J connectivity index is 1.69. The van der Waals surface area contributed by atoms with Gasteiger partial charge in [-0.25, -0.2) is 0 Å². The fraction of sp³-hybridized carbons (Fsp3) is 0.391. The monoisotopic (exact) mass is 361 g/mol. The molecule has 3 aliphatic carbocycles.